The lowest BCUT2D eigenvalue weighted by atomic mass is 10.5. The van der Waals surface area contributed by atoms with Crippen LogP contribution in [0.2, 0.25) is 0 Å². The fourth-order valence-electron chi connectivity index (χ4n) is 0.654. The first-order valence-electron chi connectivity index (χ1n) is 3.05. The lowest BCUT2D eigenvalue weighted by Gasteiger charge is -1.89. The third-order valence-electron chi connectivity index (χ3n) is 1.09. The molecule has 1 rings (SSSR count). The number of hydrogen-bond donors (Lipinski definition) is 2. The molecule has 0 aliphatic heterocycles. The fraction of sp³-hybridized carbons (Fsp3) is 0.500. The third-order valence-corrected chi connectivity index (χ3v) is 1.99. The van der Waals surface area contributed by atoms with Gasteiger partial charge in [0.2, 0.25) is 0 Å². The molecular weight excluding hydrogens is 219 g/mol. The zero-order valence-electron chi connectivity index (χ0n) is 6.61. The van der Waals surface area contributed by atoms with Gasteiger partial charge in [0.25, 0.3) is 0 Å². The maximum Gasteiger partial charge on any atom is 0.107 e. The second kappa shape index (κ2) is 7.76. The van der Waals surface area contributed by atoms with Gasteiger partial charge in [0, 0.05) is 11.9 Å². The number of hydrogen-bond acceptors (Lipinski definition) is 4. The van der Waals surface area contributed by atoms with Crippen molar-refractivity contribution in [1.82, 2.24) is 10.3 Å². The summed E-state index contributed by atoms with van der Waals surface area (Å²) < 4.78 is 0. The standard InChI is InChI=1S/C6H10N2OS.2ClH/c1-7-2-6-8-5(3-9)4-10-6;;/h4,7,9H,2-3H2,1H3;2*1H. The summed E-state index contributed by atoms with van der Waals surface area (Å²) in [5.74, 6) is 0. The molecule has 12 heavy (non-hydrogen) atoms. The molecule has 0 radical (unpaired) electrons. The molecule has 0 aliphatic carbocycles. The van der Waals surface area contributed by atoms with Crippen LogP contribution < -0.4 is 5.32 Å². The van der Waals surface area contributed by atoms with Crippen LogP contribution in [0.15, 0.2) is 5.38 Å². The summed E-state index contributed by atoms with van der Waals surface area (Å²) in [6, 6.07) is 0. The quantitative estimate of drug-likeness (QED) is 0.821. The van der Waals surface area contributed by atoms with E-state index in [0.717, 1.165) is 17.2 Å². The van der Waals surface area contributed by atoms with Crippen LogP contribution in [0.3, 0.4) is 0 Å². The summed E-state index contributed by atoms with van der Waals surface area (Å²) in [6.45, 7) is 0.824. The third kappa shape index (κ3) is 4.23. The molecule has 6 heteroatoms. The summed E-state index contributed by atoms with van der Waals surface area (Å²) in [5, 5.41) is 14.5. The van der Waals surface area contributed by atoms with E-state index >= 15 is 0 Å². The molecular formula is C6H12Cl2N2OS. The van der Waals surface area contributed by atoms with Crippen molar-refractivity contribution in [2.45, 2.75) is 13.2 Å². The van der Waals surface area contributed by atoms with E-state index in [0.29, 0.717) is 0 Å². The van der Waals surface area contributed by atoms with Crippen LogP contribution in [0, 0.1) is 0 Å². The molecule has 2 N–H and O–H groups in total. The zero-order chi connectivity index (χ0) is 7.40. The number of nitrogens with one attached hydrogen (secondary N) is 1. The van der Waals surface area contributed by atoms with Gasteiger partial charge in [0.1, 0.15) is 5.01 Å². The maximum atomic E-state index is 8.64. The van der Waals surface area contributed by atoms with E-state index < -0.39 is 0 Å². The van der Waals surface area contributed by atoms with Gasteiger partial charge in [-0.2, -0.15) is 0 Å². The number of aromatic nitrogens is 1. The van der Waals surface area contributed by atoms with Crippen molar-refractivity contribution in [2.75, 3.05) is 7.05 Å². The van der Waals surface area contributed by atoms with Gasteiger partial charge in [-0.25, -0.2) is 4.98 Å². The van der Waals surface area contributed by atoms with Gasteiger partial charge in [-0.15, -0.1) is 36.2 Å². The topological polar surface area (TPSA) is 45.2 Å². The normalized spacial score (nSPS) is 8.50. The average Bonchev–Trinajstić information content (AvgIpc) is 2.37. The van der Waals surface area contributed by atoms with Gasteiger partial charge in [-0.3, -0.25) is 0 Å². The number of aliphatic hydroxyl groups excluding tert-OH is 1. The van der Waals surface area contributed by atoms with Crippen molar-refractivity contribution in [2.24, 2.45) is 0 Å². The van der Waals surface area contributed by atoms with Crippen molar-refractivity contribution in [3.8, 4) is 0 Å². The molecule has 0 saturated carbocycles. The highest BCUT2D eigenvalue weighted by molar-refractivity contribution is 7.09. The molecule has 1 aromatic heterocycles. The first-order chi connectivity index (χ1) is 4.86. The second-order valence-electron chi connectivity index (χ2n) is 1.92. The van der Waals surface area contributed by atoms with Gasteiger partial charge < -0.3 is 10.4 Å². The average molecular weight is 231 g/mol. The summed E-state index contributed by atoms with van der Waals surface area (Å²) in [4.78, 5) is 4.12. The van der Waals surface area contributed by atoms with Gasteiger partial charge in [0.05, 0.1) is 12.3 Å². The highest BCUT2D eigenvalue weighted by Gasteiger charge is 1.97. The highest BCUT2D eigenvalue weighted by Crippen LogP contribution is 2.08. The van der Waals surface area contributed by atoms with Gasteiger partial charge in [-0.1, -0.05) is 0 Å². The Bertz CT molecular complexity index is 207. The highest BCUT2D eigenvalue weighted by atomic mass is 35.5. The molecule has 1 aromatic rings. The Morgan fingerprint density at radius 2 is 2.25 bits per heavy atom. The minimum absolute atomic E-state index is 0. The van der Waals surface area contributed by atoms with Crippen LogP contribution in [0.4, 0.5) is 0 Å². The maximum absolute atomic E-state index is 8.64. The van der Waals surface area contributed by atoms with E-state index in [1.54, 1.807) is 11.3 Å². The number of rotatable bonds is 3. The molecule has 0 bridgehead atoms. The molecule has 0 fully saturated rings. The van der Waals surface area contributed by atoms with E-state index in [9.17, 15) is 0 Å². The number of nitrogens with zero attached hydrogens (tertiary/aromatic N) is 1. The van der Waals surface area contributed by atoms with Crippen LogP contribution in [0.5, 0.6) is 0 Å². The molecule has 0 amide bonds. The van der Waals surface area contributed by atoms with E-state index in [1.807, 2.05) is 12.4 Å². The lowest BCUT2D eigenvalue weighted by molar-refractivity contribution is 0.277. The SMILES string of the molecule is CNCc1nc(CO)cs1.Cl.Cl. The van der Waals surface area contributed by atoms with E-state index in [1.165, 1.54) is 0 Å². The van der Waals surface area contributed by atoms with Crippen LogP contribution >= 0.6 is 36.2 Å². The smallest absolute Gasteiger partial charge is 0.107 e. The van der Waals surface area contributed by atoms with E-state index in [2.05, 4.69) is 10.3 Å². The Balaban J connectivity index is 0. The molecule has 72 valence electrons. The molecule has 0 saturated heterocycles. The predicted molar refractivity (Wildman–Crippen MR) is 55.3 cm³/mol. The van der Waals surface area contributed by atoms with Crippen molar-refractivity contribution >= 4 is 36.2 Å². The van der Waals surface area contributed by atoms with Crippen molar-refractivity contribution < 1.29 is 5.11 Å². The van der Waals surface area contributed by atoms with Crippen LogP contribution in [0.1, 0.15) is 10.7 Å². The van der Waals surface area contributed by atoms with Crippen LogP contribution in [0.25, 0.3) is 0 Å². The van der Waals surface area contributed by atoms with Gasteiger partial charge in [0.15, 0.2) is 0 Å². The van der Waals surface area contributed by atoms with Crippen molar-refractivity contribution in [3.63, 3.8) is 0 Å². The molecule has 0 aromatic carbocycles. The fourth-order valence-corrected chi connectivity index (χ4v) is 1.45. The number of thiazole rings is 1. The van der Waals surface area contributed by atoms with Crippen LogP contribution in [-0.2, 0) is 13.2 Å². The zero-order valence-corrected chi connectivity index (χ0v) is 9.06. The second-order valence-corrected chi connectivity index (χ2v) is 2.86. The van der Waals surface area contributed by atoms with E-state index in [4.69, 9.17) is 5.11 Å². The Kier molecular flexibility index (Phi) is 9.47. The first-order valence-corrected chi connectivity index (χ1v) is 3.93. The van der Waals surface area contributed by atoms with Crippen LogP contribution in [-0.4, -0.2) is 17.1 Å². The Morgan fingerprint density at radius 3 is 2.67 bits per heavy atom. The number of aliphatic hydroxyl groups is 1. The molecule has 3 nitrogen and oxygen atoms in total. The Labute approximate surface area is 88.0 Å². The molecule has 1 heterocycles. The molecule has 0 unspecified atom stereocenters. The van der Waals surface area contributed by atoms with E-state index in [-0.39, 0.29) is 31.4 Å². The van der Waals surface area contributed by atoms with Gasteiger partial charge >= 0.3 is 0 Å². The van der Waals surface area contributed by atoms with Crippen molar-refractivity contribution in [3.05, 3.63) is 16.1 Å². The Morgan fingerprint density at radius 1 is 1.58 bits per heavy atom. The minimum Gasteiger partial charge on any atom is -0.390 e. The molecule has 0 atom stereocenters. The lowest BCUT2D eigenvalue weighted by Crippen LogP contribution is -2.04. The van der Waals surface area contributed by atoms with Crippen molar-refractivity contribution in [1.29, 1.82) is 0 Å². The molecule has 0 aliphatic rings. The first kappa shape index (κ1) is 14.6. The summed E-state index contributed by atoms with van der Waals surface area (Å²) >= 11 is 1.57. The monoisotopic (exact) mass is 230 g/mol. The summed E-state index contributed by atoms with van der Waals surface area (Å²) in [6.07, 6.45) is 0. The summed E-state index contributed by atoms with van der Waals surface area (Å²) in [7, 11) is 1.88. The molecule has 0 spiro atoms. The number of halogens is 2. The minimum atomic E-state index is 0. The predicted octanol–water partition coefficient (Wildman–Crippen LogP) is 1.20. The summed E-state index contributed by atoms with van der Waals surface area (Å²) in [5.41, 5.74) is 0.759. The Hall–Kier alpha value is 0.130. The van der Waals surface area contributed by atoms with Gasteiger partial charge in [-0.05, 0) is 7.05 Å². The largest absolute Gasteiger partial charge is 0.390 e.